The van der Waals surface area contributed by atoms with Gasteiger partial charge in [0.15, 0.2) is 0 Å². The zero-order valence-corrected chi connectivity index (χ0v) is 15.6. The molecule has 0 aliphatic heterocycles. The van der Waals surface area contributed by atoms with Crippen molar-refractivity contribution in [1.29, 1.82) is 0 Å². The lowest BCUT2D eigenvalue weighted by atomic mass is 9.91. The van der Waals surface area contributed by atoms with Gasteiger partial charge in [-0.1, -0.05) is 30.3 Å². The lowest BCUT2D eigenvalue weighted by Crippen LogP contribution is -2.39. The van der Waals surface area contributed by atoms with Crippen LogP contribution in [-0.2, 0) is 6.54 Å². The predicted molar refractivity (Wildman–Crippen MR) is 105 cm³/mol. The van der Waals surface area contributed by atoms with Gasteiger partial charge < -0.3 is 4.74 Å². The van der Waals surface area contributed by atoms with Crippen molar-refractivity contribution in [2.45, 2.75) is 51.3 Å². The largest absolute Gasteiger partial charge is 0.490 e. The number of fused-ring (bicyclic) bond motifs is 1. The van der Waals surface area contributed by atoms with Crippen molar-refractivity contribution in [1.82, 2.24) is 15.1 Å². The number of benzene rings is 2. The van der Waals surface area contributed by atoms with Gasteiger partial charge in [-0.25, -0.2) is 0 Å². The second-order valence-corrected chi connectivity index (χ2v) is 7.48. The smallest absolute Gasteiger partial charge is 0.123 e. The molecule has 0 spiro atoms. The van der Waals surface area contributed by atoms with Crippen molar-refractivity contribution in [2.24, 2.45) is 0 Å². The summed E-state index contributed by atoms with van der Waals surface area (Å²) >= 11 is 0. The van der Waals surface area contributed by atoms with Gasteiger partial charge in [-0.05, 0) is 57.4 Å². The van der Waals surface area contributed by atoms with E-state index in [0.717, 1.165) is 36.0 Å². The molecule has 2 atom stereocenters. The van der Waals surface area contributed by atoms with Crippen molar-refractivity contribution >= 4 is 10.9 Å². The van der Waals surface area contributed by atoms with Crippen LogP contribution < -0.4 is 4.74 Å². The zero-order chi connectivity index (χ0) is 17.9. The highest BCUT2D eigenvalue weighted by Crippen LogP contribution is 2.31. The lowest BCUT2D eigenvalue weighted by Gasteiger charge is -2.35. The normalized spacial score (nSPS) is 20.6. The number of hydrogen-bond donors (Lipinski definition) is 1. The van der Waals surface area contributed by atoms with Crippen LogP contribution in [0.4, 0.5) is 0 Å². The first-order valence-corrected chi connectivity index (χ1v) is 9.54. The quantitative estimate of drug-likeness (QED) is 0.726. The molecule has 26 heavy (non-hydrogen) atoms. The molecule has 1 saturated carbocycles. The first-order valence-electron chi connectivity index (χ1n) is 9.54. The number of rotatable bonds is 5. The molecule has 4 heteroatoms. The Kier molecular flexibility index (Phi) is 4.93. The standard InChI is InChI=1S/C22H27N3O/c1-16-20-14-23-24-21(20)11-12-22(16)26-19-10-6-9-18(13-19)25(2)15-17-7-4-3-5-8-17/h3-5,7-8,11-12,14,18-19H,6,9-10,13,15H2,1-2H3,(H,23,24)/t18-,19+/m1/s1. The Morgan fingerprint density at radius 1 is 1.15 bits per heavy atom. The summed E-state index contributed by atoms with van der Waals surface area (Å²) in [6, 6.07) is 15.4. The van der Waals surface area contributed by atoms with E-state index in [4.69, 9.17) is 4.74 Å². The van der Waals surface area contributed by atoms with Gasteiger partial charge in [-0.15, -0.1) is 0 Å². The molecule has 0 amide bonds. The molecule has 0 radical (unpaired) electrons. The Morgan fingerprint density at radius 3 is 2.85 bits per heavy atom. The summed E-state index contributed by atoms with van der Waals surface area (Å²) in [6.07, 6.45) is 6.87. The molecule has 0 bridgehead atoms. The molecule has 1 heterocycles. The highest BCUT2D eigenvalue weighted by molar-refractivity contribution is 5.83. The van der Waals surface area contributed by atoms with E-state index < -0.39 is 0 Å². The van der Waals surface area contributed by atoms with Gasteiger partial charge in [0, 0.05) is 23.5 Å². The van der Waals surface area contributed by atoms with Crippen LogP contribution in [0.5, 0.6) is 5.75 Å². The van der Waals surface area contributed by atoms with Gasteiger partial charge >= 0.3 is 0 Å². The minimum atomic E-state index is 0.287. The third-order valence-corrected chi connectivity index (χ3v) is 5.63. The van der Waals surface area contributed by atoms with E-state index in [9.17, 15) is 0 Å². The van der Waals surface area contributed by atoms with Crippen LogP contribution in [-0.4, -0.2) is 34.3 Å². The maximum atomic E-state index is 6.43. The zero-order valence-electron chi connectivity index (χ0n) is 15.6. The number of aromatic nitrogens is 2. The van der Waals surface area contributed by atoms with Gasteiger partial charge in [-0.3, -0.25) is 10.00 Å². The Balaban J connectivity index is 1.42. The molecular weight excluding hydrogens is 322 g/mol. The highest BCUT2D eigenvalue weighted by atomic mass is 16.5. The van der Waals surface area contributed by atoms with Crippen molar-refractivity contribution in [2.75, 3.05) is 7.05 Å². The fourth-order valence-electron chi connectivity index (χ4n) is 4.07. The maximum Gasteiger partial charge on any atom is 0.123 e. The lowest BCUT2D eigenvalue weighted by molar-refractivity contribution is 0.0858. The van der Waals surface area contributed by atoms with E-state index >= 15 is 0 Å². The molecule has 4 rings (SSSR count). The molecule has 0 unspecified atom stereocenters. The van der Waals surface area contributed by atoms with Gasteiger partial charge in [0.05, 0.1) is 11.7 Å². The summed E-state index contributed by atoms with van der Waals surface area (Å²) in [5.41, 5.74) is 3.62. The van der Waals surface area contributed by atoms with Crippen molar-refractivity contribution in [3.63, 3.8) is 0 Å². The number of nitrogens with zero attached hydrogens (tertiary/aromatic N) is 2. The summed E-state index contributed by atoms with van der Waals surface area (Å²) in [4.78, 5) is 2.48. The van der Waals surface area contributed by atoms with E-state index in [1.54, 1.807) is 0 Å². The molecule has 1 aromatic heterocycles. The number of H-pyrrole nitrogens is 1. The Morgan fingerprint density at radius 2 is 2.00 bits per heavy atom. The van der Waals surface area contributed by atoms with E-state index in [2.05, 4.69) is 71.5 Å². The van der Waals surface area contributed by atoms with Crippen molar-refractivity contribution in [3.05, 3.63) is 59.8 Å². The second kappa shape index (κ2) is 7.50. The van der Waals surface area contributed by atoms with Crippen molar-refractivity contribution in [3.8, 4) is 5.75 Å². The number of aryl methyl sites for hydroxylation is 1. The van der Waals surface area contributed by atoms with E-state index in [0.29, 0.717) is 6.04 Å². The van der Waals surface area contributed by atoms with Gasteiger partial charge in [0.1, 0.15) is 11.9 Å². The van der Waals surface area contributed by atoms with E-state index in [1.807, 2.05) is 6.20 Å². The summed E-state index contributed by atoms with van der Waals surface area (Å²) in [7, 11) is 2.24. The molecule has 4 nitrogen and oxygen atoms in total. The third-order valence-electron chi connectivity index (χ3n) is 5.63. The number of aromatic amines is 1. The molecule has 1 aliphatic rings. The molecule has 0 saturated heterocycles. The third kappa shape index (κ3) is 3.61. The summed E-state index contributed by atoms with van der Waals surface area (Å²) < 4.78 is 6.43. The number of hydrogen-bond acceptors (Lipinski definition) is 3. The average Bonchev–Trinajstić information content (AvgIpc) is 3.15. The van der Waals surface area contributed by atoms with Gasteiger partial charge in [0.25, 0.3) is 0 Å². The van der Waals surface area contributed by atoms with Crippen LogP contribution >= 0.6 is 0 Å². The van der Waals surface area contributed by atoms with Crippen molar-refractivity contribution < 1.29 is 4.74 Å². The van der Waals surface area contributed by atoms with Crippen LogP contribution in [0.1, 0.15) is 36.8 Å². The summed E-state index contributed by atoms with van der Waals surface area (Å²) in [5, 5.41) is 8.31. The summed E-state index contributed by atoms with van der Waals surface area (Å²) in [5.74, 6) is 0.996. The SMILES string of the molecule is Cc1c(O[C@H]2CCC[C@@H](N(C)Cc3ccccc3)C2)ccc2[nH]ncc12. The Hall–Kier alpha value is -2.33. The van der Waals surface area contributed by atoms with Crippen LogP contribution in [0, 0.1) is 6.92 Å². The fraction of sp³-hybridized carbons (Fsp3) is 0.409. The van der Waals surface area contributed by atoms with E-state index in [1.165, 1.54) is 24.0 Å². The van der Waals surface area contributed by atoms with Crippen LogP contribution in [0.15, 0.2) is 48.7 Å². The molecule has 3 aromatic rings. The molecule has 136 valence electrons. The minimum absolute atomic E-state index is 0.287. The highest BCUT2D eigenvalue weighted by Gasteiger charge is 2.26. The number of nitrogens with one attached hydrogen (secondary N) is 1. The molecule has 1 aliphatic carbocycles. The fourth-order valence-corrected chi connectivity index (χ4v) is 4.07. The summed E-state index contributed by atoms with van der Waals surface area (Å²) in [6.45, 7) is 3.12. The van der Waals surface area contributed by atoms with Crippen LogP contribution in [0.25, 0.3) is 10.9 Å². The predicted octanol–water partition coefficient (Wildman–Crippen LogP) is 4.69. The molecular formula is C22H27N3O. The van der Waals surface area contributed by atoms with Gasteiger partial charge in [-0.2, -0.15) is 5.10 Å². The topological polar surface area (TPSA) is 41.1 Å². The maximum absolute atomic E-state index is 6.43. The molecule has 1 N–H and O–H groups in total. The van der Waals surface area contributed by atoms with Gasteiger partial charge in [0.2, 0.25) is 0 Å². The first kappa shape index (κ1) is 17.1. The van der Waals surface area contributed by atoms with E-state index in [-0.39, 0.29) is 6.10 Å². The Labute approximate surface area is 155 Å². The molecule has 2 aromatic carbocycles. The minimum Gasteiger partial charge on any atom is -0.490 e. The van der Waals surface area contributed by atoms with Crippen LogP contribution in [0.3, 0.4) is 0 Å². The monoisotopic (exact) mass is 349 g/mol. The number of ether oxygens (including phenoxy) is 1. The first-order chi connectivity index (χ1) is 12.7. The molecule has 1 fully saturated rings. The average molecular weight is 349 g/mol. The second-order valence-electron chi connectivity index (χ2n) is 7.48. The van der Waals surface area contributed by atoms with Crippen LogP contribution in [0.2, 0.25) is 0 Å². The Bertz CT molecular complexity index is 858.